The van der Waals surface area contributed by atoms with Gasteiger partial charge in [0, 0.05) is 37.5 Å². The largest absolute Gasteiger partial charge is 0.336 e. The summed E-state index contributed by atoms with van der Waals surface area (Å²) in [4.78, 5) is 14.3. The zero-order valence-electron chi connectivity index (χ0n) is 11.1. The van der Waals surface area contributed by atoms with Gasteiger partial charge in [-0.15, -0.1) is 0 Å². The van der Waals surface area contributed by atoms with Gasteiger partial charge in [0.2, 0.25) is 0 Å². The van der Waals surface area contributed by atoms with Gasteiger partial charge in [-0.3, -0.25) is 4.79 Å². The molecule has 1 heterocycles. The molecule has 1 aliphatic heterocycles. The molecule has 1 N–H and O–H groups in total. The van der Waals surface area contributed by atoms with Crippen molar-refractivity contribution in [2.45, 2.75) is 17.9 Å². The van der Waals surface area contributed by atoms with E-state index in [4.69, 9.17) is 0 Å². The van der Waals surface area contributed by atoms with Gasteiger partial charge >= 0.3 is 0 Å². The lowest BCUT2D eigenvalue weighted by Crippen LogP contribution is -2.51. The predicted molar refractivity (Wildman–Crippen MR) is 72.9 cm³/mol. The Balaban J connectivity index is 2.16. The summed E-state index contributed by atoms with van der Waals surface area (Å²) in [5.41, 5.74) is 0.529. The third-order valence-electron chi connectivity index (χ3n) is 3.19. The first kappa shape index (κ1) is 14.0. The maximum atomic E-state index is 12.3. The fraction of sp³-hybridized carbons (Fsp3) is 0.462. The van der Waals surface area contributed by atoms with Crippen molar-refractivity contribution in [3.05, 3.63) is 29.8 Å². The number of sulfone groups is 1. The number of piperazine rings is 1. The Labute approximate surface area is 113 Å². The Kier molecular flexibility index (Phi) is 3.91. The third-order valence-corrected chi connectivity index (χ3v) is 4.31. The summed E-state index contributed by atoms with van der Waals surface area (Å²) in [7, 11) is -3.21. The second kappa shape index (κ2) is 5.30. The van der Waals surface area contributed by atoms with Gasteiger partial charge in [0.25, 0.3) is 5.91 Å². The maximum absolute atomic E-state index is 12.3. The molecule has 1 aromatic rings. The molecule has 2 rings (SSSR count). The fourth-order valence-corrected chi connectivity index (χ4v) is 2.77. The van der Waals surface area contributed by atoms with Gasteiger partial charge in [0.1, 0.15) is 0 Å². The van der Waals surface area contributed by atoms with Crippen LogP contribution in [0.15, 0.2) is 29.2 Å². The molecule has 0 aromatic heterocycles. The molecule has 1 amide bonds. The lowest BCUT2D eigenvalue weighted by molar-refractivity contribution is 0.0709. The van der Waals surface area contributed by atoms with E-state index in [0.29, 0.717) is 18.7 Å². The summed E-state index contributed by atoms with van der Waals surface area (Å²) in [5, 5.41) is 3.27. The SMILES string of the molecule is C[C@@H]1CN(C(=O)c2ccc(S(C)(=O)=O)cc2)CCN1. The Morgan fingerprint density at radius 2 is 1.95 bits per heavy atom. The summed E-state index contributed by atoms with van der Waals surface area (Å²) < 4.78 is 22.7. The molecule has 1 aromatic carbocycles. The number of rotatable bonds is 2. The van der Waals surface area contributed by atoms with E-state index in [0.717, 1.165) is 12.8 Å². The summed E-state index contributed by atoms with van der Waals surface area (Å²) >= 11 is 0. The molecule has 1 saturated heterocycles. The number of nitrogens with zero attached hydrogens (tertiary/aromatic N) is 1. The van der Waals surface area contributed by atoms with E-state index in [1.807, 2.05) is 6.92 Å². The Bertz CT molecular complexity index is 566. The van der Waals surface area contributed by atoms with Gasteiger partial charge in [-0.25, -0.2) is 8.42 Å². The molecule has 1 aliphatic rings. The predicted octanol–water partition coefficient (Wildman–Crippen LogP) is 0.524. The van der Waals surface area contributed by atoms with Crippen LogP contribution < -0.4 is 5.32 Å². The molecule has 0 spiro atoms. The first-order chi connectivity index (χ1) is 8.88. The average Bonchev–Trinajstić information content (AvgIpc) is 2.37. The van der Waals surface area contributed by atoms with E-state index >= 15 is 0 Å². The highest BCUT2D eigenvalue weighted by Gasteiger charge is 2.21. The topological polar surface area (TPSA) is 66.5 Å². The standard InChI is InChI=1S/C13H18N2O3S/c1-10-9-15(8-7-14-10)13(16)11-3-5-12(6-4-11)19(2,17)18/h3-6,10,14H,7-9H2,1-2H3/t10-/m1/s1. The molecule has 104 valence electrons. The minimum Gasteiger partial charge on any atom is -0.336 e. The van der Waals surface area contributed by atoms with Gasteiger partial charge < -0.3 is 10.2 Å². The number of benzene rings is 1. The smallest absolute Gasteiger partial charge is 0.253 e. The van der Waals surface area contributed by atoms with E-state index in [2.05, 4.69) is 5.32 Å². The van der Waals surface area contributed by atoms with Crippen LogP contribution in [0.2, 0.25) is 0 Å². The van der Waals surface area contributed by atoms with Crippen molar-refractivity contribution >= 4 is 15.7 Å². The van der Waals surface area contributed by atoms with Crippen LogP contribution in [-0.4, -0.2) is 51.2 Å². The van der Waals surface area contributed by atoms with Crippen molar-refractivity contribution < 1.29 is 13.2 Å². The second-order valence-corrected chi connectivity index (χ2v) is 6.92. The van der Waals surface area contributed by atoms with Crippen molar-refractivity contribution in [1.29, 1.82) is 0 Å². The molecular formula is C13H18N2O3S. The fourth-order valence-electron chi connectivity index (χ4n) is 2.14. The second-order valence-electron chi connectivity index (χ2n) is 4.90. The zero-order valence-corrected chi connectivity index (χ0v) is 11.9. The highest BCUT2D eigenvalue weighted by atomic mass is 32.2. The van der Waals surface area contributed by atoms with E-state index in [-0.39, 0.29) is 16.8 Å². The lowest BCUT2D eigenvalue weighted by Gasteiger charge is -2.32. The van der Waals surface area contributed by atoms with Crippen molar-refractivity contribution in [2.75, 3.05) is 25.9 Å². The number of carbonyl (C=O) groups is 1. The molecule has 0 bridgehead atoms. The van der Waals surface area contributed by atoms with Crippen molar-refractivity contribution in [2.24, 2.45) is 0 Å². The molecule has 0 aliphatic carbocycles. The van der Waals surface area contributed by atoms with Crippen molar-refractivity contribution in [3.63, 3.8) is 0 Å². The lowest BCUT2D eigenvalue weighted by atomic mass is 10.1. The van der Waals surface area contributed by atoms with Crippen LogP contribution in [0.1, 0.15) is 17.3 Å². The van der Waals surface area contributed by atoms with E-state index in [1.165, 1.54) is 12.1 Å². The highest BCUT2D eigenvalue weighted by molar-refractivity contribution is 7.90. The third kappa shape index (κ3) is 3.33. The van der Waals surface area contributed by atoms with Crippen molar-refractivity contribution in [1.82, 2.24) is 10.2 Å². The van der Waals surface area contributed by atoms with Gasteiger partial charge in [0.05, 0.1) is 4.90 Å². The van der Waals surface area contributed by atoms with Crippen LogP contribution in [0, 0.1) is 0 Å². The minimum atomic E-state index is -3.21. The van der Waals surface area contributed by atoms with E-state index in [9.17, 15) is 13.2 Å². The van der Waals surface area contributed by atoms with Gasteiger partial charge in [-0.2, -0.15) is 0 Å². The minimum absolute atomic E-state index is 0.0478. The van der Waals surface area contributed by atoms with Gasteiger partial charge in [-0.05, 0) is 31.2 Å². The Hall–Kier alpha value is -1.40. The van der Waals surface area contributed by atoms with Crippen LogP contribution in [0.3, 0.4) is 0 Å². The Morgan fingerprint density at radius 1 is 1.32 bits per heavy atom. The number of carbonyl (C=O) groups excluding carboxylic acids is 1. The zero-order chi connectivity index (χ0) is 14.0. The quantitative estimate of drug-likeness (QED) is 0.859. The molecule has 0 unspecified atom stereocenters. The molecule has 1 atom stereocenters. The maximum Gasteiger partial charge on any atom is 0.253 e. The number of amides is 1. The number of nitrogens with one attached hydrogen (secondary N) is 1. The van der Waals surface area contributed by atoms with Crippen LogP contribution in [0.25, 0.3) is 0 Å². The van der Waals surface area contributed by atoms with E-state index < -0.39 is 9.84 Å². The van der Waals surface area contributed by atoms with Crippen molar-refractivity contribution in [3.8, 4) is 0 Å². The van der Waals surface area contributed by atoms with Gasteiger partial charge in [-0.1, -0.05) is 0 Å². The number of hydrogen-bond acceptors (Lipinski definition) is 4. The first-order valence-electron chi connectivity index (χ1n) is 6.21. The first-order valence-corrected chi connectivity index (χ1v) is 8.10. The molecule has 19 heavy (non-hydrogen) atoms. The molecule has 0 radical (unpaired) electrons. The molecule has 5 nitrogen and oxygen atoms in total. The van der Waals surface area contributed by atoms with E-state index in [1.54, 1.807) is 17.0 Å². The van der Waals surface area contributed by atoms with Gasteiger partial charge in [0.15, 0.2) is 9.84 Å². The van der Waals surface area contributed by atoms with Crippen LogP contribution >= 0.6 is 0 Å². The summed E-state index contributed by atoms with van der Waals surface area (Å²) in [6.07, 6.45) is 1.15. The monoisotopic (exact) mass is 282 g/mol. The molecule has 1 fully saturated rings. The summed E-state index contributed by atoms with van der Waals surface area (Å²) in [6.45, 7) is 4.17. The summed E-state index contributed by atoms with van der Waals surface area (Å²) in [6, 6.07) is 6.40. The van der Waals surface area contributed by atoms with Crippen LogP contribution in [0.5, 0.6) is 0 Å². The van der Waals surface area contributed by atoms with Crippen LogP contribution in [0.4, 0.5) is 0 Å². The highest BCUT2D eigenvalue weighted by Crippen LogP contribution is 2.13. The molecular weight excluding hydrogens is 264 g/mol. The average molecular weight is 282 g/mol. The number of hydrogen-bond donors (Lipinski definition) is 1. The molecule has 0 saturated carbocycles. The molecule has 6 heteroatoms. The summed E-state index contributed by atoms with van der Waals surface area (Å²) in [5.74, 6) is -0.0478. The Morgan fingerprint density at radius 3 is 2.47 bits per heavy atom. The van der Waals surface area contributed by atoms with Crippen LogP contribution in [-0.2, 0) is 9.84 Å². The normalized spacial score (nSPS) is 20.3.